The van der Waals surface area contributed by atoms with Crippen molar-refractivity contribution in [3.8, 4) is 0 Å². The van der Waals surface area contributed by atoms with Crippen LogP contribution in [0, 0.1) is 0 Å². The molecule has 0 saturated carbocycles. The molecule has 6 heteroatoms. The van der Waals surface area contributed by atoms with E-state index in [1.807, 2.05) is 0 Å². The first kappa shape index (κ1) is 15.3. The van der Waals surface area contributed by atoms with E-state index in [0.717, 1.165) is 0 Å². The number of hydrogen-bond donors (Lipinski definition) is 1. The average molecular weight is 285 g/mol. The monoisotopic (exact) mass is 284 g/mol. The van der Waals surface area contributed by atoms with Crippen LogP contribution in [0.3, 0.4) is 0 Å². The zero-order valence-corrected chi connectivity index (χ0v) is 11.7. The summed E-state index contributed by atoms with van der Waals surface area (Å²) in [6.45, 7) is 0.195. The van der Waals surface area contributed by atoms with Gasteiger partial charge in [0.05, 0.1) is 22.9 Å². The highest BCUT2D eigenvalue weighted by Gasteiger charge is 2.10. The topological polar surface area (TPSA) is 72.6 Å². The van der Waals surface area contributed by atoms with Crippen LogP contribution >= 0.6 is 11.6 Å². The van der Waals surface area contributed by atoms with E-state index < -0.39 is 5.97 Å². The Labute approximate surface area is 117 Å². The number of ether oxygens (including phenoxy) is 1. The summed E-state index contributed by atoms with van der Waals surface area (Å²) in [6.07, 6.45) is 0.841. The van der Waals surface area contributed by atoms with Crippen LogP contribution in [0.25, 0.3) is 0 Å². The Kier molecular flexibility index (Phi) is 5.63. The van der Waals surface area contributed by atoms with Crippen molar-refractivity contribution in [3.63, 3.8) is 0 Å². The van der Waals surface area contributed by atoms with Crippen molar-refractivity contribution in [2.45, 2.75) is 12.8 Å². The van der Waals surface area contributed by atoms with Gasteiger partial charge in [0.15, 0.2) is 0 Å². The number of halogens is 1. The normalized spacial score (nSPS) is 10.1. The maximum Gasteiger partial charge on any atom is 0.338 e. The smallest absolute Gasteiger partial charge is 0.338 e. The molecule has 1 aromatic rings. The molecule has 0 radical (unpaired) electrons. The van der Waals surface area contributed by atoms with Gasteiger partial charge in [-0.05, 0) is 24.6 Å². The fourth-order valence-corrected chi connectivity index (χ4v) is 1.53. The van der Waals surface area contributed by atoms with Crippen molar-refractivity contribution in [2.24, 2.45) is 0 Å². The van der Waals surface area contributed by atoms with E-state index in [1.54, 1.807) is 26.2 Å². The highest BCUT2D eigenvalue weighted by Crippen LogP contribution is 2.20. The maximum absolute atomic E-state index is 11.7. The van der Waals surface area contributed by atoms with Crippen LogP contribution < -0.4 is 5.73 Å². The van der Waals surface area contributed by atoms with Gasteiger partial charge in [-0.3, -0.25) is 4.79 Å². The minimum absolute atomic E-state index is 0.00609. The Morgan fingerprint density at radius 2 is 2.05 bits per heavy atom. The Bertz CT molecular complexity index is 475. The van der Waals surface area contributed by atoms with Crippen LogP contribution in [-0.4, -0.2) is 37.5 Å². The third-order valence-corrected chi connectivity index (χ3v) is 2.83. The Morgan fingerprint density at radius 1 is 1.37 bits per heavy atom. The predicted octanol–water partition coefficient (Wildman–Crippen LogP) is 1.95. The molecule has 0 aliphatic heterocycles. The number of esters is 1. The first-order valence-corrected chi connectivity index (χ1v) is 6.22. The van der Waals surface area contributed by atoms with Crippen molar-refractivity contribution in [2.75, 3.05) is 26.4 Å². The van der Waals surface area contributed by atoms with E-state index in [4.69, 9.17) is 22.1 Å². The molecule has 2 N–H and O–H groups in total. The second-order valence-corrected chi connectivity index (χ2v) is 4.67. The lowest BCUT2D eigenvalue weighted by Gasteiger charge is -2.10. The van der Waals surface area contributed by atoms with Gasteiger partial charge in [-0.25, -0.2) is 4.79 Å². The number of amides is 1. The van der Waals surface area contributed by atoms with Crippen molar-refractivity contribution in [1.82, 2.24) is 4.90 Å². The SMILES string of the molecule is CN(C)C(=O)CCCOC(=O)c1ccc(N)c(Cl)c1. The first-order valence-electron chi connectivity index (χ1n) is 5.84. The molecule has 0 fully saturated rings. The Morgan fingerprint density at radius 3 is 2.63 bits per heavy atom. The highest BCUT2D eigenvalue weighted by atomic mass is 35.5. The molecule has 0 aromatic heterocycles. The van der Waals surface area contributed by atoms with Gasteiger partial charge >= 0.3 is 5.97 Å². The molecule has 0 atom stereocenters. The van der Waals surface area contributed by atoms with Crippen LogP contribution in [0.5, 0.6) is 0 Å². The molecule has 0 spiro atoms. The van der Waals surface area contributed by atoms with Crippen molar-refractivity contribution < 1.29 is 14.3 Å². The summed E-state index contributed by atoms with van der Waals surface area (Å²) >= 11 is 5.81. The molecule has 1 aromatic carbocycles. The molecule has 1 amide bonds. The van der Waals surface area contributed by atoms with Gasteiger partial charge in [0.25, 0.3) is 0 Å². The molecule has 104 valence electrons. The van der Waals surface area contributed by atoms with Gasteiger partial charge in [0.1, 0.15) is 0 Å². The summed E-state index contributed by atoms with van der Waals surface area (Å²) in [5, 5.41) is 0.317. The molecule has 0 saturated heterocycles. The number of nitrogens with two attached hydrogens (primary N) is 1. The number of nitrogen functional groups attached to an aromatic ring is 1. The lowest BCUT2D eigenvalue weighted by Crippen LogP contribution is -2.21. The number of carbonyl (C=O) groups is 2. The van der Waals surface area contributed by atoms with E-state index in [0.29, 0.717) is 29.1 Å². The summed E-state index contributed by atoms with van der Waals surface area (Å²) in [5.41, 5.74) is 6.30. The fourth-order valence-electron chi connectivity index (χ4n) is 1.35. The summed E-state index contributed by atoms with van der Waals surface area (Å²) in [7, 11) is 3.37. The van der Waals surface area contributed by atoms with E-state index in [-0.39, 0.29) is 12.5 Å². The second-order valence-electron chi connectivity index (χ2n) is 4.26. The maximum atomic E-state index is 11.7. The zero-order valence-electron chi connectivity index (χ0n) is 11.0. The van der Waals surface area contributed by atoms with Crippen molar-refractivity contribution in [3.05, 3.63) is 28.8 Å². The van der Waals surface area contributed by atoms with Gasteiger partial charge in [0.2, 0.25) is 5.91 Å². The molecular weight excluding hydrogens is 268 g/mol. The molecule has 0 unspecified atom stereocenters. The average Bonchev–Trinajstić information content (AvgIpc) is 2.37. The van der Waals surface area contributed by atoms with Crippen LogP contribution in [0.2, 0.25) is 5.02 Å². The summed E-state index contributed by atoms with van der Waals surface area (Å²) in [5.74, 6) is -0.467. The van der Waals surface area contributed by atoms with Crippen LogP contribution in [0.15, 0.2) is 18.2 Å². The van der Waals surface area contributed by atoms with Crippen LogP contribution in [0.4, 0.5) is 5.69 Å². The number of hydrogen-bond acceptors (Lipinski definition) is 4. The van der Waals surface area contributed by atoms with Crippen molar-refractivity contribution >= 4 is 29.2 Å². The lowest BCUT2D eigenvalue weighted by atomic mass is 10.2. The number of carbonyl (C=O) groups excluding carboxylic acids is 2. The number of anilines is 1. The summed E-state index contributed by atoms with van der Waals surface area (Å²) < 4.78 is 5.04. The molecular formula is C13H17ClN2O3. The molecule has 0 aliphatic carbocycles. The van der Waals surface area contributed by atoms with Crippen LogP contribution in [0.1, 0.15) is 23.2 Å². The highest BCUT2D eigenvalue weighted by molar-refractivity contribution is 6.33. The number of benzene rings is 1. The first-order chi connectivity index (χ1) is 8.91. The van der Waals surface area contributed by atoms with Gasteiger partial charge in [-0.2, -0.15) is 0 Å². The standard InChI is InChI=1S/C13H17ClN2O3/c1-16(2)12(17)4-3-7-19-13(18)9-5-6-11(15)10(14)8-9/h5-6,8H,3-4,7,15H2,1-2H3. The quantitative estimate of drug-likeness (QED) is 0.509. The largest absolute Gasteiger partial charge is 0.462 e. The van der Waals surface area contributed by atoms with E-state index >= 15 is 0 Å². The Hall–Kier alpha value is -1.75. The van der Waals surface area contributed by atoms with E-state index in [2.05, 4.69) is 0 Å². The minimum Gasteiger partial charge on any atom is -0.462 e. The summed E-state index contributed by atoms with van der Waals surface area (Å²) in [6, 6.07) is 4.56. The third kappa shape index (κ3) is 4.79. The van der Waals surface area contributed by atoms with Gasteiger partial charge in [-0.15, -0.1) is 0 Å². The second kappa shape index (κ2) is 6.99. The summed E-state index contributed by atoms with van der Waals surface area (Å²) in [4.78, 5) is 24.5. The third-order valence-electron chi connectivity index (χ3n) is 2.50. The predicted molar refractivity (Wildman–Crippen MR) is 74.1 cm³/mol. The molecule has 0 heterocycles. The zero-order chi connectivity index (χ0) is 14.4. The number of rotatable bonds is 5. The fraction of sp³-hybridized carbons (Fsp3) is 0.385. The molecule has 19 heavy (non-hydrogen) atoms. The Balaban J connectivity index is 2.39. The van der Waals surface area contributed by atoms with Gasteiger partial charge in [0, 0.05) is 20.5 Å². The lowest BCUT2D eigenvalue weighted by molar-refractivity contribution is -0.128. The van der Waals surface area contributed by atoms with Gasteiger partial charge in [-0.1, -0.05) is 11.6 Å². The van der Waals surface area contributed by atoms with Crippen molar-refractivity contribution in [1.29, 1.82) is 0 Å². The molecule has 5 nitrogen and oxygen atoms in total. The molecule has 0 aliphatic rings. The van der Waals surface area contributed by atoms with Gasteiger partial charge < -0.3 is 15.4 Å². The van der Waals surface area contributed by atoms with E-state index in [1.165, 1.54) is 11.0 Å². The van der Waals surface area contributed by atoms with Crippen LogP contribution in [-0.2, 0) is 9.53 Å². The minimum atomic E-state index is -0.473. The molecule has 0 bridgehead atoms. The molecule has 1 rings (SSSR count). The number of nitrogens with zero attached hydrogens (tertiary/aromatic N) is 1. The van der Waals surface area contributed by atoms with E-state index in [9.17, 15) is 9.59 Å².